The highest BCUT2D eigenvalue weighted by Crippen LogP contribution is 2.43. The molecule has 0 bridgehead atoms. The summed E-state index contributed by atoms with van der Waals surface area (Å²) in [5, 5.41) is 3.55. The van der Waals surface area contributed by atoms with Gasteiger partial charge in [0.05, 0.1) is 30.5 Å². The van der Waals surface area contributed by atoms with Gasteiger partial charge in [-0.05, 0) is 12.1 Å². The average molecular weight is 250 g/mol. The van der Waals surface area contributed by atoms with Crippen molar-refractivity contribution in [2.75, 3.05) is 18.9 Å². The van der Waals surface area contributed by atoms with Crippen molar-refractivity contribution in [3.63, 3.8) is 0 Å². The molecule has 0 spiro atoms. The van der Waals surface area contributed by atoms with Gasteiger partial charge in [-0.25, -0.2) is 4.39 Å². The largest absolute Gasteiger partial charge is 0.490 e. The van der Waals surface area contributed by atoms with Crippen LogP contribution in [0.25, 0.3) is 11.1 Å². The van der Waals surface area contributed by atoms with E-state index in [1.807, 2.05) is 0 Å². The lowest BCUT2D eigenvalue weighted by Crippen LogP contribution is -1.98. The van der Waals surface area contributed by atoms with Crippen LogP contribution in [0, 0.1) is 5.82 Å². The zero-order valence-corrected chi connectivity index (χ0v) is 9.48. The number of aromatic nitrogens is 1. The number of nitrogens with zero attached hydrogens (tertiary/aromatic N) is 1. The normalized spacial score (nSPS) is 14.3. The summed E-state index contributed by atoms with van der Waals surface area (Å²) in [6.45, 7) is 1.01. The van der Waals surface area contributed by atoms with Crippen LogP contribution in [0.5, 0.6) is 11.5 Å². The molecule has 1 aliphatic rings. The highest BCUT2D eigenvalue weighted by molar-refractivity contribution is 5.80. The van der Waals surface area contributed by atoms with Crippen molar-refractivity contribution in [2.45, 2.75) is 6.42 Å². The maximum Gasteiger partial charge on any atom is 0.230 e. The molecule has 2 aromatic rings. The smallest absolute Gasteiger partial charge is 0.230 e. The van der Waals surface area contributed by atoms with E-state index in [4.69, 9.17) is 19.7 Å². The topological polar surface area (TPSA) is 70.5 Å². The molecule has 3 rings (SSSR count). The van der Waals surface area contributed by atoms with Crippen LogP contribution >= 0.6 is 0 Å². The van der Waals surface area contributed by atoms with Gasteiger partial charge in [0, 0.05) is 6.42 Å². The van der Waals surface area contributed by atoms with Crippen LogP contribution in [0.4, 0.5) is 10.3 Å². The molecule has 0 unspecified atom stereocenters. The number of halogens is 1. The Morgan fingerprint density at radius 1 is 1.22 bits per heavy atom. The third-order valence-corrected chi connectivity index (χ3v) is 2.73. The van der Waals surface area contributed by atoms with Crippen LogP contribution in [0.1, 0.15) is 6.42 Å². The number of fused-ring (bicyclic) bond motifs is 1. The van der Waals surface area contributed by atoms with E-state index in [1.54, 1.807) is 6.07 Å². The van der Waals surface area contributed by atoms with Gasteiger partial charge in [0.25, 0.3) is 0 Å². The van der Waals surface area contributed by atoms with Gasteiger partial charge in [-0.15, -0.1) is 0 Å². The molecule has 2 heterocycles. The van der Waals surface area contributed by atoms with Gasteiger partial charge in [0.2, 0.25) is 5.88 Å². The molecular formula is C12H11FN2O3. The predicted octanol–water partition coefficient (Wildman–Crippen LogP) is 2.22. The minimum absolute atomic E-state index is 0.0511. The first kappa shape index (κ1) is 10.9. The van der Waals surface area contributed by atoms with Gasteiger partial charge in [-0.1, -0.05) is 5.16 Å². The average Bonchev–Trinajstić information content (AvgIpc) is 2.64. The van der Waals surface area contributed by atoms with Crippen LogP contribution in [-0.4, -0.2) is 18.4 Å². The maximum atomic E-state index is 14.0. The molecule has 94 valence electrons. The molecule has 2 N–H and O–H groups in total. The van der Waals surface area contributed by atoms with Gasteiger partial charge in [-0.2, -0.15) is 0 Å². The number of hydrogen-bond acceptors (Lipinski definition) is 5. The van der Waals surface area contributed by atoms with Gasteiger partial charge >= 0.3 is 0 Å². The van der Waals surface area contributed by atoms with Gasteiger partial charge in [0.1, 0.15) is 5.82 Å². The second-order valence-corrected chi connectivity index (χ2v) is 3.90. The van der Waals surface area contributed by atoms with Crippen molar-refractivity contribution in [3.8, 4) is 22.6 Å². The Morgan fingerprint density at radius 2 is 2.06 bits per heavy atom. The van der Waals surface area contributed by atoms with E-state index in [1.165, 1.54) is 12.3 Å². The number of nitrogens with two attached hydrogens (primary N) is 1. The highest BCUT2D eigenvalue weighted by Gasteiger charge is 2.23. The maximum absolute atomic E-state index is 14.0. The van der Waals surface area contributed by atoms with Crippen molar-refractivity contribution in [3.05, 3.63) is 24.1 Å². The van der Waals surface area contributed by atoms with Crippen LogP contribution in [-0.2, 0) is 0 Å². The summed E-state index contributed by atoms with van der Waals surface area (Å²) in [6.07, 6.45) is 2.11. The molecule has 0 atom stereocenters. The van der Waals surface area contributed by atoms with Gasteiger partial charge in [0.15, 0.2) is 11.5 Å². The van der Waals surface area contributed by atoms with E-state index >= 15 is 0 Å². The summed E-state index contributed by atoms with van der Waals surface area (Å²) in [6, 6.07) is 2.86. The molecule has 0 saturated heterocycles. The Balaban J connectivity index is 2.22. The molecule has 5 nitrogen and oxygen atoms in total. The molecule has 1 aromatic heterocycles. The number of nitrogen functional groups attached to an aromatic ring is 1. The lowest BCUT2D eigenvalue weighted by atomic mass is 10.1. The molecule has 0 radical (unpaired) electrons. The molecule has 0 saturated carbocycles. The molecule has 1 aromatic carbocycles. The minimum Gasteiger partial charge on any atom is -0.490 e. The molecule has 6 heteroatoms. The number of hydrogen-bond donors (Lipinski definition) is 1. The predicted molar refractivity (Wildman–Crippen MR) is 61.9 cm³/mol. The zero-order chi connectivity index (χ0) is 12.5. The fraction of sp³-hybridized carbons (Fsp3) is 0.250. The van der Waals surface area contributed by atoms with E-state index < -0.39 is 5.82 Å². The summed E-state index contributed by atoms with van der Waals surface area (Å²) in [4.78, 5) is 0. The summed E-state index contributed by atoms with van der Waals surface area (Å²) in [5.74, 6) is 0.455. The standard InChI is InChI=1S/C12H11FN2O3/c13-8-2-3-9-11(17-5-1-4-16-9)10(8)7-6-15-18-12(7)14/h2-3,6H,1,4-5,14H2. The Hall–Kier alpha value is -2.24. The van der Waals surface area contributed by atoms with E-state index in [0.29, 0.717) is 30.3 Å². The molecule has 18 heavy (non-hydrogen) atoms. The fourth-order valence-electron chi connectivity index (χ4n) is 1.90. The highest BCUT2D eigenvalue weighted by atomic mass is 19.1. The summed E-state index contributed by atoms with van der Waals surface area (Å²) in [5.41, 5.74) is 6.22. The third kappa shape index (κ3) is 1.66. The van der Waals surface area contributed by atoms with Crippen molar-refractivity contribution in [1.82, 2.24) is 5.16 Å². The number of benzene rings is 1. The third-order valence-electron chi connectivity index (χ3n) is 2.73. The van der Waals surface area contributed by atoms with Gasteiger partial charge in [-0.3, -0.25) is 0 Å². The number of rotatable bonds is 1. The van der Waals surface area contributed by atoms with Crippen LogP contribution in [0.15, 0.2) is 22.9 Å². The number of ether oxygens (including phenoxy) is 2. The van der Waals surface area contributed by atoms with Crippen molar-refractivity contribution in [1.29, 1.82) is 0 Å². The first-order valence-electron chi connectivity index (χ1n) is 5.56. The lowest BCUT2D eigenvalue weighted by Gasteiger charge is -2.12. The quantitative estimate of drug-likeness (QED) is 0.840. The second kappa shape index (κ2) is 4.21. The SMILES string of the molecule is Nc1oncc1-c1c(F)ccc2c1OCCCO2. The Labute approximate surface area is 102 Å². The van der Waals surface area contributed by atoms with Crippen molar-refractivity contribution >= 4 is 5.88 Å². The minimum atomic E-state index is -0.450. The molecule has 0 fully saturated rings. The summed E-state index contributed by atoms with van der Waals surface area (Å²) >= 11 is 0. The monoisotopic (exact) mass is 250 g/mol. The van der Waals surface area contributed by atoms with E-state index in [-0.39, 0.29) is 11.4 Å². The summed E-state index contributed by atoms with van der Waals surface area (Å²) < 4.78 is 29.8. The van der Waals surface area contributed by atoms with E-state index in [9.17, 15) is 4.39 Å². The Bertz CT molecular complexity index is 583. The molecule has 0 amide bonds. The lowest BCUT2D eigenvalue weighted by molar-refractivity contribution is 0.297. The Kier molecular flexibility index (Phi) is 2.55. The van der Waals surface area contributed by atoms with Gasteiger partial charge < -0.3 is 19.7 Å². The van der Waals surface area contributed by atoms with Crippen LogP contribution in [0.3, 0.4) is 0 Å². The van der Waals surface area contributed by atoms with Crippen LogP contribution in [0.2, 0.25) is 0 Å². The van der Waals surface area contributed by atoms with E-state index in [0.717, 1.165) is 6.42 Å². The first-order chi connectivity index (χ1) is 8.77. The van der Waals surface area contributed by atoms with Crippen molar-refractivity contribution < 1.29 is 18.4 Å². The summed E-state index contributed by atoms with van der Waals surface area (Å²) in [7, 11) is 0. The zero-order valence-electron chi connectivity index (χ0n) is 9.48. The fourth-order valence-corrected chi connectivity index (χ4v) is 1.90. The molecular weight excluding hydrogens is 239 g/mol. The van der Waals surface area contributed by atoms with E-state index in [2.05, 4.69) is 5.16 Å². The van der Waals surface area contributed by atoms with Crippen molar-refractivity contribution in [2.24, 2.45) is 0 Å². The molecule has 0 aliphatic carbocycles. The molecule has 1 aliphatic heterocycles. The number of anilines is 1. The first-order valence-corrected chi connectivity index (χ1v) is 5.56. The Morgan fingerprint density at radius 3 is 2.83 bits per heavy atom. The van der Waals surface area contributed by atoms with Crippen LogP contribution < -0.4 is 15.2 Å². The second-order valence-electron chi connectivity index (χ2n) is 3.90.